The summed E-state index contributed by atoms with van der Waals surface area (Å²) in [4.78, 5) is 0. The van der Waals surface area contributed by atoms with Crippen LogP contribution in [0.1, 0.15) is 23.5 Å². The molecular formula is C17H21NO. The molecule has 0 aliphatic heterocycles. The molecule has 0 N–H and O–H groups in total. The summed E-state index contributed by atoms with van der Waals surface area (Å²) >= 11 is 0. The Balaban J connectivity index is 2.24. The van der Waals surface area contributed by atoms with Gasteiger partial charge in [-0.15, -0.1) is 0 Å². The van der Waals surface area contributed by atoms with E-state index < -0.39 is 0 Å². The third kappa shape index (κ3) is 4.19. The lowest BCUT2D eigenvalue weighted by Crippen LogP contribution is -2.34. The Bertz CT molecular complexity index is 448. The molecule has 0 spiro atoms. The van der Waals surface area contributed by atoms with E-state index in [2.05, 4.69) is 48.5 Å². The van der Waals surface area contributed by atoms with Crippen LogP contribution in [0.3, 0.4) is 0 Å². The molecule has 0 unspecified atom stereocenters. The highest BCUT2D eigenvalue weighted by Gasteiger charge is 2.16. The van der Waals surface area contributed by atoms with E-state index in [9.17, 15) is 5.21 Å². The van der Waals surface area contributed by atoms with Gasteiger partial charge in [0.1, 0.15) is 0 Å². The Morgan fingerprint density at radius 2 is 1.26 bits per heavy atom. The number of quaternary nitrogens is 1. The molecule has 0 heterocycles. The van der Waals surface area contributed by atoms with Gasteiger partial charge >= 0.3 is 0 Å². The summed E-state index contributed by atoms with van der Waals surface area (Å²) < 4.78 is -0.240. The van der Waals surface area contributed by atoms with E-state index in [4.69, 9.17) is 0 Å². The molecule has 0 amide bonds. The van der Waals surface area contributed by atoms with Crippen molar-refractivity contribution in [2.45, 2.75) is 12.3 Å². The van der Waals surface area contributed by atoms with E-state index in [0.717, 1.165) is 6.42 Å². The summed E-state index contributed by atoms with van der Waals surface area (Å²) in [6, 6.07) is 20.9. The predicted molar refractivity (Wildman–Crippen MR) is 79.7 cm³/mol. The number of benzene rings is 2. The van der Waals surface area contributed by atoms with Crippen molar-refractivity contribution in [2.24, 2.45) is 0 Å². The minimum atomic E-state index is -0.240. The Morgan fingerprint density at radius 1 is 0.842 bits per heavy atom. The van der Waals surface area contributed by atoms with E-state index in [1.54, 1.807) is 14.1 Å². The van der Waals surface area contributed by atoms with Crippen LogP contribution in [0.5, 0.6) is 0 Å². The summed E-state index contributed by atoms with van der Waals surface area (Å²) in [5, 5.41) is 11.8. The fourth-order valence-corrected chi connectivity index (χ4v) is 2.34. The summed E-state index contributed by atoms with van der Waals surface area (Å²) in [6.45, 7) is 0.619. The second-order valence-corrected chi connectivity index (χ2v) is 5.46. The van der Waals surface area contributed by atoms with Crippen molar-refractivity contribution in [3.8, 4) is 0 Å². The topological polar surface area (TPSA) is 23.1 Å². The molecule has 0 radical (unpaired) electrons. The molecule has 0 aromatic heterocycles. The Kier molecular flexibility index (Phi) is 4.35. The van der Waals surface area contributed by atoms with Crippen molar-refractivity contribution in [1.29, 1.82) is 0 Å². The van der Waals surface area contributed by atoms with Crippen LogP contribution in [0, 0.1) is 5.21 Å². The lowest BCUT2D eigenvalue weighted by molar-refractivity contribution is -0.840. The third-order valence-corrected chi connectivity index (χ3v) is 3.36. The van der Waals surface area contributed by atoms with Crippen molar-refractivity contribution in [3.63, 3.8) is 0 Å². The van der Waals surface area contributed by atoms with Crippen molar-refractivity contribution < 1.29 is 4.65 Å². The summed E-state index contributed by atoms with van der Waals surface area (Å²) in [7, 11) is 3.40. The molecule has 0 aliphatic rings. The number of hydrogen-bond donors (Lipinski definition) is 0. The molecule has 2 heteroatoms. The minimum absolute atomic E-state index is 0.240. The number of hydroxylamine groups is 3. The van der Waals surface area contributed by atoms with Gasteiger partial charge in [0.05, 0.1) is 20.6 Å². The zero-order chi connectivity index (χ0) is 13.7. The summed E-state index contributed by atoms with van der Waals surface area (Å²) in [5.74, 6) is 0.300. The molecule has 2 nitrogen and oxygen atoms in total. The summed E-state index contributed by atoms with van der Waals surface area (Å²) in [5.41, 5.74) is 2.56. The minimum Gasteiger partial charge on any atom is -0.633 e. The summed E-state index contributed by atoms with van der Waals surface area (Å²) in [6.07, 6.45) is 0.866. The number of nitrogens with zero attached hydrogens (tertiary/aromatic N) is 1. The van der Waals surface area contributed by atoms with Crippen molar-refractivity contribution >= 4 is 0 Å². The predicted octanol–water partition coefficient (Wildman–Crippen LogP) is 3.78. The van der Waals surface area contributed by atoms with Gasteiger partial charge < -0.3 is 9.85 Å². The van der Waals surface area contributed by atoms with Crippen LogP contribution in [-0.2, 0) is 0 Å². The molecule has 2 rings (SSSR count). The average Bonchev–Trinajstić information content (AvgIpc) is 2.40. The van der Waals surface area contributed by atoms with E-state index in [-0.39, 0.29) is 4.65 Å². The Hall–Kier alpha value is -1.64. The van der Waals surface area contributed by atoms with Crippen LogP contribution in [0.25, 0.3) is 0 Å². The smallest absolute Gasteiger partial charge is 0.0789 e. The lowest BCUT2D eigenvalue weighted by atomic mass is 9.88. The van der Waals surface area contributed by atoms with Crippen LogP contribution in [0.15, 0.2) is 60.7 Å². The molecule has 0 bridgehead atoms. The SMILES string of the molecule is C[N+](C)([O-])CCC(c1ccccc1)c1ccccc1. The van der Waals surface area contributed by atoms with Gasteiger partial charge in [0.25, 0.3) is 0 Å². The van der Waals surface area contributed by atoms with Gasteiger partial charge in [-0.25, -0.2) is 0 Å². The maximum Gasteiger partial charge on any atom is 0.0789 e. The standard InChI is InChI=1S/C17H21NO/c1-18(2,19)14-13-17(15-9-5-3-6-10-15)16-11-7-4-8-12-16/h3-12,17H,13-14H2,1-2H3. The highest BCUT2D eigenvalue weighted by Crippen LogP contribution is 2.28. The van der Waals surface area contributed by atoms with Gasteiger partial charge in [-0.2, -0.15) is 0 Å². The van der Waals surface area contributed by atoms with Gasteiger partial charge in [0.15, 0.2) is 0 Å². The number of hydrogen-bond acceptors (Lipinski definition) is 1. The van der Waals surface area contributed by atoms with Crippen LogP contribution in [0.2, 0.25) is 0 Å². The highest BCUT2D eigenvalue weighted by molar-refractivity contribution is 5.32. The first kappa shape index (κ1) is 13.8. The fraction of sp³-hybridized carbons (Fsp3) is 0.294. The molecule has 0 atom stereocenters. The molecular weight excluding hydrogens is 234 g/mol. The zero-order valence-corrected chi connectivity index (χ0v) is 11.6. The normalized spacial score (nSPS) is 11.8. The number of rotatable bonds is 5. The first-order chi connectivity index (χ1) is 9.06. The first-order valence-corrected chi connectivity index (χ1v) is 6.70. The van der Waals surface area contributed by atoms with E-state index in [1.807, 2.05) is 12.1 Å². The molecule has 2 aromatic rings. The van der Waals surface area contributed by atoms with Crippen LogP contribution >= 0.6 is 0 Å². The molecule has 100 valence electrons. The van der Waals surface area contributed by atoms with Gasteiger partial charge in [0, 0.05) is 12.3 Å². The van der Waals surface area contributed by atoms with E-state index in [1.165, 1.54) is 11.1 Å². The van der Waals surface area contributed by atoms with Crippen LogP contribution < -0.4 is 0 Å². The van der Waals surface area contributed by atoms with Gasteiger partial charge in [-0.3, -0.25) is 0 Å². The highest BCUT2D eigenvalue weighted by atomic mass is 16.5. The maximum atomic E-state index is 11.8. The molecule has 19 heavy (non-hydrogen) atoms. The first-order valence-electron chi connectivity index (χ1n) is 6.70. The van der Waals surface area contributed by atoms with Crippen molar-refractivity contribution in [1.82, 2.24) is 0 Å². The molecule has 2 aromatic carbocycles. The third-order valence-electron chi connectivity index (χ3n) is 3.36. The second kappa shape index (κ2) is 6.00. The monoisotopic (exact) mass is 255 g/mol. The Labute approximate surface area is 115 Å². The van der Waals surface area contributed by atoms with Gasteiger partial charge in [-0.1, -0.05) is 60.7 Å². The van der Waals surface area contributed by atoms with Gasteiger partial charge in [-0.05, 0) is 11.1 Å². The van der Waals surface area contributed by atoms with E-state index >= 15 is 0 Å². The average molecular weight is 255 g/mol. The molecule has 0 aliphatic carbocycles. The van der Waals surface area contributed by atoms with Crippen molar-refractivity contribution in [3.05, 3.63) is 77.0 Å². The Morgan fingerprint density at radius 3 is 1.63 bits per heavy atom. The lowest BCUT2D eigenvalue weighted by Gasteiger charge is -2.35. The van der Waals surface area contributed by atoms with Crippen LogP contribution in [0.4, 0.5) is 0 Å². The largest absolute Gasteiger partial charge is 0.633 e. The van der Waals surface area contributed by atoms with Crippen LogP contribution in [-0.4, -0.2) is 25.3 Å². The van der Waals surface area contributed by atoms with Gasteiger partial charge in [0.2, 0.25) is 0 Å². The molecule has 0 fully saturated rings. The maximum absolute atomic E-state index is 11.8. The molecule has 0 saturated heterocycles. The van der Waals surface area contributed by atoms with E-state index in [0.29, 0.717) is 12.5 Å². The second-order valence-electron chi connectivity index (χ2n) is 5.46. The zero-order valence-electron chi connectivity index (χ0n) is 11.6. The van der Waals surface area contributed by atoms with Crippen molar-refractivity contribution in [2.75, 3.05) is 20.6 Å². The molecule has 0 saturated carbocycles. The fourth-order valence-electron chi connectivity index (χ4n) is 2.34. The quantitative estimate of drug-likeness (QED) is 0.589.